The standard InChI is InChI=1S/C6H5N3S.CH4/c1-2-8-9-5(1)6-7-3-4-10-6;/h1-4H,(H,8,9);1H4. The third-order valence-corrected chi connectivity index (χ3v) is 1.97. The number of nitrogens with one attached hydrogen (secondary N) is 1. The number of H-pyrrole nitrogens is 1. The Hall–Kier alpha value is -1.16. The van der Waals surface area contributed by atoms with Gasteiger partial charge in [0.2, 0.25) is 0 Å². The van der Waals surface area contributed by atoms with Gasteiger partial charge < -0.3 is 0 Å². The van der Waals surface area contributed by atoms with Gasteiger partial charge >= 0.3 is 0 Å². The number of nitrogens with zero attached hydrogens (tertiary/aromatic N) is 2. The van der Waals surface area contributed by atoms with Crippen molar-refractivity contribution in [1.29, 1.82) is 0 Å². The second-order valence-electron chi connectivity index (χ2n) is 1.81. The Labute approximate surface area is 69.1 Å². The molecule has 1 N–H and O–H groups in total. The van der Waals surface area contributed by atoms with E-state index in [9.17, 15) is 0 Å². The summed E-state index contributed by atoms with van der Waals surface area (Å²) in [5.74, 6) is 0. The minimum atomic E-state index is 0. The molecule has 4 heteroatoms. The highest BCUT2D eigenvalue weighted by Crippen LogP contribution is 2.17. The molecular formula is C7H9N3S. The highest BCUT2D eigenvalue weighted by Gasteiger charge is 1.98. The quantitative estimate of drug-likeness (QED) is 0.707. The van der Waals surface area contributed by atoms with E-state index in [1.165, 1.54) is 0 Å². The van der Waals surface area contributed by atoms with Crippen LogP contribution in [0, 0.1) is 0 Å². The van der Waals surface area contributed by atoms with Crippen molar-refractivity contribution in [3.8, 4) is 10.7 Å². The molecule has 0 aliphatic rings. The fourth-order valence-electron chi connectivity index (χ4n) is 0.731. The van der Waals surface area contributed by atoms with Crippen LogP contribution < -0.4 is 0 Å². The van der Waals surface area contributed by atoms with Crippen molar-refractivity contribution in [3.63, 3.8) is 0 Å². The van der Waals surface area contributed by atoms with E-state index in [0.29, 0.717) is 0 Å². The first kappa shape index (κ1) is 7.94. The van der Waals surface area contributed by atoms with E-state index in [-0.39, 0.29) is 7.43 Å². The summed E-state index contributed by atoms with van der Waals surface area (Å²) < 4.78 is 0. The first-order valence-electron chi connectivity index (χ1n) is 2.86. The summed E-state index contributed by atoms with van der Waals surface area (Å²) in [6.45, 7) is 0. The molecule has 0 atom stereocenters. The number of thiazole rings is 1. The molecular weight excluding hydrogens is 158 g/mol. The minimum absolute atomic E-state index is 0. The van der Waals surface area contributed by atoms with E-state index in [4.69, 9.17) is 0 Å². The van der Waals surface area contributed by atoms with E-state index >= 15 is 0 Å². The Morgan fingerprint density at radius 3 is 2.82 bits per heavy atom. The lowest BCUT2D eigenvalue weighted by Gasteiger charge is -1.83. The van der Waals surface area contributed by atoms with E-state index in [1.54, 1.807) is 23.7 Å². The molecule has 0 aliphatic heterocycles. The molecule has 0 unspecified atom stereocenters. The normalized spacial score (nSPS) is 9.09. The van der Waals surface area contributed by atoms with Crippen molar-refractivity contribution >= 4 is 11.3 Å². The summed E-state index contributed by atoms with van der Waals surface area (Å²) in [7, 11) is 0. The predicted octanol–water partition coefficient (Wildman–Crippen LogP) is 2.17. The largest absolute Gasteiger partial charge is 0.275 e. The van der Waals surface area contributed by atoms with Gasteiger partial charge in [-0.15, -0.1) is 11.3 Å². The maximum absolute atomic E-state index is 4.11. The van der Waals surface area contributed by atoms with E-state index < -0.39 is 0 Å². The zero-order valence-electron chi connectivity index (χ0n) is 5.11. The van der Waals surface area contributed by atoms with Gasteiger partial charge in [-0.1, -0.05) is 7.43 Å². The van der Waals surface area contributed by atoms with Crippen LogP contribution in [0.3, 0.4) is 0 Å². The van der Waals surface area contributed by atoms with Gasteiger partial charge in [-0.2, -0.15) is 5.10 Å². The first-order chi connectivity index (χ1) is 4.97. The van der Waals surface area contributed by atoms with Gasteiger partial charge in [0.05, 0.1) is 5.69 Å². The zero-order valence-corrected chi connectivity index (χ0v) is 5.93. The maximum Gasteiger partial charge on any atom is 0.141 e. The smallest absolute Gasteiger partial charge is 0.141 e. The summed E-state index contributed by atoms with van der Waals surface area (Å²) in [4.78, 5) is 4.11. The van der Waals surface area contributed by atoms with Gasteiger partial charge in [0.1, 0.15) is 5.01 Å². The molecule has 2 heterocycles. The van der Waals surface area contributed by atoms with Crippen molar-refractivity contribution in [2.75, 3.05) is 0 Å². The topological polar surface area (TPSA) is 41.6 Å². The molecule has 58 valence electrons. The van der Waals surface area contributed by atoms with E-state index in [2.05, 4.69) is 15.2 Å². The van der Waals surface area contributed by atoms with E-state index in [0.717, 1.165) is 10.7 Å². The lowest BCUT2D eigenvalue weighted by atomic mass is 10.5. The van der Waals surface area contributed by atoms with Crippen molar-refractivity contribution in [3.05, 3.63) is 23.8 Å². The molecule has 0 amide bonds. The third-order valence-electron chi connectivity index (χ3n) is 1.16. The van der Waals surface area contributed by atoms with Gasteiger partial charge in [0, 0.05) is 17.8 Å². The second-order valence-corrected chi connectivity index (χ2v) is 2.70. The second kappa shape index (κ2) is 3.30. The van der Waals surface area contributed by atoms with Crippen LogP contribution in [-0.2, 0) is 0 Å². The molecule has 11 heavy (non-hydrogen) atoms. The summed E-state index contributed by atoms with van der Waals surface area (Å²) in [6.07, 6.45) is 3.50. The van der Waals surface area contributed by atoms with Crippen LogP contribution in [0.4, 0.5) is 0 Å². The van der Waals surface area contributed by atoms with Gasteiger partial charge in [-0.05, 0) is 6.07 Å². The molecule has 0 fully saturated rings. The lowest BCUT2D eigenvalue weighted by molar-refractivity contribution is 1.09. The first-order valence-corrected chi connectivity index (χ1v) is 3.74. The number of rotatable bonds is 1. The fraction of sp³-hybridized carbons (Fsp3) is 0.143. The predicted molar refractivity (Wildman–Crippen MR) is 46.4 cm³/mol. The van der Waals surface area contributed by atoms with Crippen molar-refractivity contribution in [1.82, 2.24) is 15.2 Å². The van der Waals surface area contributed by atoms with Crippen LogP contribution in [0.25, 0.3) is 10.7 Å². The van der Waals surface area contributed by atoms with Gasteiger partial charge in [0.25, 0.3) is 0 Å². The molecule has 0 aliphatic carbocycles. The number of hydrogen-bond acceptors (Lipinski definition) is 3. The van der Waals surface area contributed by atoms with Crippen molar-refractivity contribution in [2.24, 2.45) is 0 Å². The number of hydrogen-bond donors (Lipinski definition) is 1. The molecule has 2 aromatic rings. The molecule has 0 radical (unpaired) electrons. The monoisotopic (exact) mass is 167 g/mol. The molecule has 3 nitrogen and oxygen atoms in total. The molecule has 0 bridgehead atoms. The highest BCUT2D eigenvalue weighted by atomic mass is 32.1. The van der Waals surface area contributed by atoms with Crippen LogP contribution in [0.2, 0.25) is 0 Å². The van der Waals surface area contributed by atoms with Crippen LogP contribution in [0.5, 0.6) is 0 Å². The molecule has 0 saturated carbocycles. The average molecular weight is 167 g/mol. The summed E-state index contributed by atoms with van der Waals surface area (Å²) in [6, 6.07) is 1.90. The SMILES string of the molecule is C.c1cc(-c2nccs2)[nH]n1. The summed E-state index contributed by atoms with van der Waals surface area (Å²) >= 11 is 1.60. The Balaban J connectivity index is 0.000000605. The Morgan fingerprint density at radius 1 is 1.36 bits per heavy atom. The Kier molecular flexibility index (Phi) is 2.38. The fourth-order valence-corrected chi connectivity index (χ4v) is 1.34. The Morgan fingerprint density at radius 2 is 2.27 bits per heavy atom. The average Bonchev–Trinajstić information content (AvgIpc) is 2.59. The van der Waals surface area contributed by atoms with Gasteiger partial charge in [0.15, 0.2) is 0 Å². The lowest BCUT2D eigenvalue weighted by Crippen LogP contribution is -1.73. The molecule has 0 spiro atoms. The summed E-state index contributed by atoms with van der Waals surface area (Å²) in [5.41, 5.74) is 0.981. The maximum atomic E-state index is 4.11. The molecule has 0 aromatic carbocycles. The third kappa shape index (κ3) is 1.46. The van der Waals surface area contributed by atoms with Gasteiger partial charge in [-0.25, -0.2) is 4.98 Å². The summed E-state index contributed by atoms with van der Waals surface area (Å²) in [5, 5.41) is 9.58. The number of aromatic amines is 1. The minimum Gasteiger partial charge on any atom is -0.275 e. The van der Waals surface area contributed by atoms with Crippen LogP contribution in [-0.4, -0.2) is 15.2 Å². The Bertz CT molecular complexity index is 253. The van der Waals surface area contributed by atoms with E-state index in [1.807, 2.05) is 11.4 Å². The van der Waals surface area contributed by atoms with Crippen LogP contribution in [0.15, 0.2) is 23.8 Å². The van der Waals surface area contributed by atoms with Gasteiger partial charge in [-0.3, -0.25) is 5.10 Å². The highest BCUT2D eigenvalue weighted by molar-refractivity contribution is 7.13. The van der Waals surface area contributed by atoms with Crippen LogP contribution >= 0.6 is 11.3 Å². The zero-order chi connectivity index (χ0) is 6.81. The van der Waals surface area contributed by atoms with Crippen molar-refractivity contribution < 1.29 is 0 Å². The van der Waals surface area contributed by atoms with Crippen molar-refractivity contribution in [2.45, 2.75) is 7.43 Å². The van der Waals surface area contributed by atoms with Crippen LogP contribution in [0.1, 0.15) is 7.43 Å². The molecule has 0 saturated heterocycles. The molecule has 2 rings (SSSR count). The number of aromatic nitrogens is 3. The molecule has 2 aromatic heterocycles.